The Balaban J connectivity index is 1.84. The van der Waals surface area contributed by atoms with E-state index in [1.54, 1.807) is 0 Å². The highest BCUT2D eigenvalue weighted by Gasteiger charge is 2.40. The number of hydrogen-bond donors (Lipinski definition) is 1. The van der Waals surface area contributed by atoms with Crippen molar-refractivity contribution in [3.8, 4) is 6.07 Å². The van der Waals surface area contributed by atoms with Crippen LogP contribution in [0.5, 0.6) is 0 Å². The Morgan fingerprint density at radius 1 is 1.50 bits per heavy atom. The zero-order chi connectivity index (χ0) is 13.2. The van der Waals surface area contributed by atoms with E-state index < -0.39 is 0 Å². The maximum atomic E-state index is 9.30. The number of nitrogens with one attached hydrogen (secondary N) is 1. The summed E-state index contributed by atoms with van der Waals surface area (Å²) in [6, 6.07) is 3.04. The van der Waals surface area contributed by atoms with Gasteiger partial charge in [0.1, 0.15) is 5.54 Å². The summed E-state index contributed by atoms with van der Waals surface area (Å²) >= 11 is 0. The summed E-state index contributed by atoms with van der Waals surface area (Å²) in [5.41, 5.74) is -0.272. The summed E-state index contributed by atoms with van der Waals surface area (Å²) in [4.78, 5) is 4.90. The molecule has 2 fully saturated rings. The Hall–Kier alpha value is -0.630. The second-order valence-electron chi connectivity index (χ2n) is 6.20. The summed E-state index contributed by atoms with van der Waals surface area (Å²) in [5, 5.41) is 12.5. The maximum absolute atomic E-state index is 9.30. The lowest BCUT2D eigenvalue weighted by Gasteiger charge is -2.28. The number of hydrogen-bond acceptors (Lipinski definition) is 4. The minimum atomic E-state index is -0.272. The van der Waals surface area contributed by atoms with Gasteiger partial charge in [-0.2, -0.15) is 5.26 Å². The predicted octanol–water partition coefficient (Wildman–Crippen LogP) is 0.904. The topological polar surface area (TPSA) is 42.3 Å². The molecule has 0 amide bonds. The van der Waals surface area contributed by atoms with Crippen LogP contribution in [-0.2, 0) is 0 Å². The number of nitriles is 1. The first kappa shape index (κ1) is 13.8. The number of nitrogens with zero attached hydrogens (tertiary/aromatic N) is 3. The fraction of sp³-hybridized carbons (Fsp3) is 0.929. The second-order valence-corrected chi connectivity index (χ2v) is 6.20. The van der Waals surface area contributed by atoms with Crippen molar-refractivity contribution < 1.29 is 0 Å². The fourth-order valence-electron chi connectivity index (χ4n) is 3.51. The van der Waals surface area contributed by atoms with E-state index in [2.05, 4.69) is 35.3 Å². The molecule has 0 aromatic rings. The third kappa shape index (κ3) is 2.85. The molecule has 1 aliphatic carbocycles. The Labute approximate surface area is 111 Å². The smallest absolute Gasteiger partial charge is 0.108 e. The molecule has 1 saturated carbocycles. The van der Waals surface area contributed by atoms with Crippen molar-refractivity contribution >= 4 is 0 Å². The van der Waals surface area contributed by atoms with E-state index in [1.165, 1.54) is 26.1 Å². The largest absolute Gasteiger partial charge is 0.306 e. The van der Waals surface area contributed by atoms with Gasteiger partial charge in [-0.05, 0) is 59.3 Å². The van der Waals surface area contributed by atoms with Gasteiger partial charge in [-0.1, -0.05) is 0 Å². The normalized spacial score (nSPS) is 37.3. The molecule has 18 heavy (non-hydrogen) atoms. The molecule has 0 bridgehead atoms. The molecule has 0 radical (unpaired) electrons. The molecule has 1 heterocycles. The first-order chi connectivity index (χ1) is 8.58. The van der Waals surface area contributed by atoms with Gasteiger partial charge in [-0.3, -0.25) is 0 Å². The van der Waals surface area contributed by atoms with Gasteiger partial charge in [-0.15, -0.1) is 0 Å². The average molecular weight is 250 g/mol. The van der Waals surface area contributed by atoms with Crippen molar-refractivity contribution in [2.24, 2.45) is 5.92 Å². The molecule has 4 nitrogen and oxygen atoms in total. The maximum Gasteiger partial charge on any atom is 0.108 e. The van der Waals surface area contributed by atoms with Crippen LogP contribution in [0, 0.1) is 17.2 Å². The van der Waals surface area contributed by atoms with E-state index in [4.69, 9.17) is 0 Å². The van der Waals surface area contributed by atoms with E-state index in [-0.39, 0.29) is 5.54 Å². The lowest BCUT2D eigenvalue weighted by molar-refractivity contribution is 0.203. The van der Waals surface area contributed by atoms with Gasteiger partial charge in [-0.25, -0.2) is 0 Å². The minimum absolute atomic E-state index is 0.272. The van der Waals surface area contributed by atoms with Gasteiger partial charge in [0, 0.05) is 19.1 Å². The van der Waals surface area contributed by atoms with Crippen LogP contribution in [0.15, 0.2) is 0 Å². The van der Waals surface area contributed by atoms with Crippen LogP contribution >= 0.6 is 0 Å². The molecule has 2 aliphatic rings. The van der Waals surface area contributed by atoms with Gasteiger partial charge in [0.25, 0.3) is 0 Å². The van der Waals surface area contributed by atoms with Crippen molar-refractivity contribution in [2.75, 3.05) is 40.8 Å². The molecule has 3 unspecified atom stereocenters. The average Bonchev–Trinajstić information content (AvgIpc) is 2.96. The van der Waals surface area contributed by atoms with Crippen LogP contribution in [0.1, 0.15) is 25.7 Å². The highest BCUT2D eigenvalue weighted by Crippen LogP contribution is 2.32. The van der Waals surface area contributed by atoms with Gasteiger partial charge < -0.3 is 15.1 Å². The summed E-state index contributed by atoms with van der Waals surface area (Å²) in [5.74, 6) is 0.812. The zero-order valence-electron chi connectivity index (χ0n) is 11.9. The van der Waals surface area contributed by atoms with Crippen LogP contribution in [0.2, 0.25) is 0 Å². The standard InChI is InChI=1S/C14H26N4/c1-16-14(11-15)6-4-13(8-14)18(3)10-12-5-7-17(2)9-12/h12-13,16H,4-10H2,1-3H3. The van der Waals surface area contributed by atoms with Crippen molar-refractivity contribution in [3.05, 3.63) is 0 Å². The monoisotopic (exact) mass is 250 g/mol. The van der Waals surface area contributed by atoms with E-state index >= 15 is 0 Å². The molecule has 1 aliphatic heterocycles. The van der Waals surface area contributed by atoms with Gasteiger partial charge in [0.05, 0.1) is 6.07 Å². The molecule has 2 rings (SSSR count). The summed E-state index contributed by atoms with van der Waals surface area (Å²) < 4.78 is 0. The Kier molecular flexibility index (Phi) is 4.26. The molecule has 1 N–H and O–H groups in total. The Bertz CT molecular complexity index is 324. The van der Waals surface area contributed by atoms with Gasteiger partial charge in [0.15, 0.2) is 0 Å². The Morgan fingerprint density at radius 2 is 2.28 bits per heavy atom. The van der Waals surface area contributed by atoms with Crippen LogP contribution in [0.25, 0.3) is 0 Å². The van der Waals surface area contributed by atoms with E-state index in [1.807, 2.05) is 7.05 Å². The summed E-state index contributed by atoms with van der Waals surface area (Å²) in [6.45, 7) is 3.65. The van der Waals surface area contributed by atoms with Crippen LogP contribution in [0.3, 0.4) is 0 Å². The molecule has 3 atom stereocenters. The predicted molar refractivity (Wildman–Crippen MR) is 73.3 cm³/mol. The van der Waals surface area contributed by atoms with Crippen molar-refractivity contribution in [3.63, 3.8) is 0 Å². The van der Waals surface area contributed by atoms with Crippen LogP contribution in [0.4, 0.5) is 0 Å². The minimum Gasteiger partial charge on any atom is -0.306 e. The fourth-order valence-corrected chi connectivity index (χ4v) is 3.51. The van der Waals surface area contributed by atoms with Crippen LogP contribution < -0.4 is 5.32 Å². The first-order valence-corrected chi connectivity index (χ1v) is 7.07. The molecule has 0 aromatic heterocycles. The summed E-state index contributed by atoms with van der Waals surface area (Å²) in [6.07, 6.45) is 4.43. The molecule has 0 aromatic carbocycles. The third-order valence-electron chi connectivity index (χ3n) is 4.84. The zero-order valence-corrected chi connectivity index (χ0v) is 11.9. The van der Waals surface area contributed by atoms with E-state index in [0.29, 0.717) is 6.04 Å². The molecule has 4 heteroatoms. The van der Waals surface area contributed by atoms with E-state index in [0.717, 1.165) is 25.2 Å². The number of likely N-dealkylation sites (tertiary alicyclic amines) is 1. The lowest BCUT2D eigenvalue weighted by atomic mass is 9.99. The molecular formula is C14H26N4. The highest BCUT2D eigenvalue weighted by molar-refractivity contribution is 5.12. The Morgan fingerprint density at radius 3 is 2.78 bits per heavy atom. The van der Waals surface area contributed by atoms with Gasteiger partial charge >= 0.3 is 0 Å². The van der Waals surface area contributed by atoms with E-state index in [9.17, 15) is 5.26 Å². The molecule has 0 spiro atoms. The SMILES string of the molecule is CNC1(C#N)CCC(N(C)CC2CCN(C)C2)C1. The third-order valence-corrected chi connectivity index (χ3v) is 4.84. The number of rotatable bonds is 4. The quantitative estimate of drug-likeness (QED) is 0.805. The lowest BCUT2D eigenvalue weighted by Crippen LogP contribution is -2.42. The highest BCUT2D eigenvalue weighted by atomic mass is 15.2. The first-order valence-electron chi connectivity index (χ1n) is 7.07. The van der Waals surface area contributed by atoms with Crippen molar-refractivity contribution in [1.29, 1.82) is 5.26 Å². The van der Waals surface area contributed by atoms with Crippen molar-refractivity contribution in [1.82, 2.24) is 15.1 Å². The molecular weight excluding hydrogens is 224 g/mol. The van der Waals surface area contributed by atoms with Gasteiger partial charge in [0.2, 0.25) is 0 Å². The second kappa shape index (κ2) is 5.56. The van der Waals surface area contributed by atoms with Crippen molar-refractivity contribution in [2.45, 2.75) is 37.3 Å². The molecule has 1 saturated heterocycles. The molecule has 102 valence electrons. The summed E-state index contributed by atoms with van der Waals surface area (Å²) in [7, 11) is 6.35. The van der Waals surface area contributed by atoms with Crippen LogP contribution in [-0.4, -0.2) is 62.2 Å².